The smallest absolute Gasteiger partial charge is 0.179 e. The van der Waals surface area contributed by atoms with Crippen molar-refractivity contribution in [1.82, 2.24) is 5.32 Å². The molecule has 114 valence electrons. The standard InChI is InChI=1S/C14H22ClNO4/c1-18-9-11(17)6-7-16-8-10-4-5-12(19-2)14(20-3)13(10)15/h4-5,11,16-17H,6-9H2,1-3H3. The minimum atomic E-state index is -0.451. The predicted molar refractivity (Wildman–Crippen MR) is 78.8 cm³/mol. The van der Waals surface area contributed by atoms with Crippen LogP contribution in [0.15, 0.2) is 12.1 Å². The van der Waals surface area contributed by atoms with Crippen molar-refractivity contribution in [2.24, 2.45) is 0 Å². The van der Waals surface area contributed by atoms with Crippen LogP contribution >= 0.6 is 11.6 Å². The van der Waals surface area contributed by atoms with Crippen LogP contribution in [0.25, 0.3) is 0 Å². The van der Waals surface area contributed by atoms with Crippen molar-refractivity contribution in [3.8, 4) is 11.5 Å². The summed E-state index contributed by atoms with van der Waals surface area (Å²) in [4.78, 5) is 0. The third-order valence-corrected chi connectivity index (χ3v) is 3.31. The van der Waals surface area contributed by atoms with Gasteiger partial charge in [0.15, 0.2) is 11.5 Å². The van der Waals surface area contributed by atoms with Crippen LogP contribution in [0.4, 0.5) is 0 Å². The van der Waals surface area contributed by atoms with Crippen molar-refractivity contribution < 1.29 is 19.3 Å². The molecule has 1 rings (SSSR count). The van der Waals surface area contributed by atoms with Gasteiger partial charge in [0, 0.05) is 13.7 Å². The molecule has 0 spiro atoms. The summed E-state index contributed by atoms with van der Waals surface area (Å²) in [5.74, 6) is 1.14. The van der Waals surface area contributed by atoms with E-state index in [2.05, 4.69) is 5.32 Å². The van der Waals surface area contributed by atoms with Gasteiger partial charge in [0.2, 0.25) is 0 Å². The molecule has 0 saturated carbocycles. The van der Waals surface area contributed by atoms with E-state index < -0.39 is 6.10 Å². The molecule has 0 saturated heterocycles. The fourth-order valence-electron chi connectivity index (χ4n) is 1.83. The molecule has 0 aliphatic heterocycles. The molecule has 0 aliphatic carbocycles. The number of ether oxygens (including phenoxy) is 3. The Bertz CT molecular complexity index is 414. The molecule has 20 heavy (non-hydrogen) atoms. The van der Waals surface area contributed by atoms with E-state index in [-0.39, 0.29) is 0 Å². The SMILES string of the molecule is COCC(O)CCNCc1ccc(OC)c(OC)c1Cl. The van der Waals surface area contributed by atoms with Crippen molar-refractivity contribution in [2.75, 3.05) is 34.5 Å². The van der Waals surface area contributed by atoms with Crippen molar-refractivity contribution in [1.29, 1.82) is 0 Å². The molecule has 1 aromatic carbocycles. The van der Waals surface area contributed by atoms with Gasteiger partial charge in [-0.2, -0.15) is 0 Å². The van der Waals surface area contributed by atoms with Gasteiger partial charge >= 0.3 is 0 Å². The first-order valence-corrected chi connectivity index (χ1v) is 6.78. The van der Waals surface area contributed by atoms with Gasteiger partial charge in [-0.25, -0.2) is 0 Å². The highest BCUT2D eigenvalue weighted by Crippen LogP contribution is 2.37. The summed E-state index contributed by atoms with van der Waals surface area (Å²) >= 11 is 6.27. The minimum Gasteiger partial charge on any atom is -0.493 e. The normalized spacial score (nSPS) is 12.2. The Kier molecular flexibility index (Phi) is 7.69. The fourth-order valence-corrected chi connectivity index (χ4v) is 2.13. The van der Waals surface area contributed by atoms with Crippen LogP contribution in [0, 0.1) is 0 Å². The van der Waals surface area contributed by atoms with E-state index in [9.17, 15) is 5.11 Å². The van der Waals surface area contributed by atoms with Gasteiger partial charge in [0.1, 0.15) is 0 Å². The second-order valence-corrected chi connectivity index (χ2v) is 4.73. The largest absolute Gasteiger partial charge is 0.493 e. The summed E-state index contributed by atoms with van der Waals surface area (Å²) in [6, 6.07) is 3.71. The molecular formula is C14H22ClNO4. The van der Waals surface area contributed by atoms with Crippen LogP contribution in [0.2, 0.25) is 5.02 Å². The summed E-state index contributed by atoms with van der Waals surface area (Å²) in [7, 11) is 4.70. The summed E-state index contributed by atoms with van der Waals surface area (Å²) in [5, 5.41) is 13.3. The molecule has 0 bridgehead atoms. The Morgan fingerprint density at radius 2 is 2.00 bits per heavy atom. The lowest BCUT2D eigenvalue weighted by atomic mass is 10.2. The lowest BCUT2D eigenvalue weighted by Gasteiger charge is -2.14. The number of aliphatic hydroxyl groups is 1. The second-order valence-electron chi connectivity index (χ2n) is 4.35. The van der Waals surface area contributed by atoms with E-state index in [1.54, 1.807) is 21.3 Å². The maximum atomic E-state index is 9.52. The number of hydrogen-bond donors (Lipinski definition) is 2. The third-order valence-electron chi connectivity index (χ3n) is 2.89. The molecule has 5 nitrogen and oxygen atoms in total. The van der Waals surface area contributed by atoms with Crippen LogP contribution in [-0.2, 0) is 11.3 Å². The number of nitrogens with one attached hydrogen (secondary N) is 1. The number of hydrogen-bond acceptors (Lipinski definition) is 5. The number of benzene rings is 1. The molecule has 6 heteroatoms. The Morgan fingerprint density at radius 3 is 2.60 bits per heavy atom. The van der Waals surface area contributed by atoms with Crippen LogP contribution < -0.4 is 14.8 Å². The average Bonchev–Trinajstić information content (AvgIpc) is 2.44. The lowest BCUT2D eigenvalue weighted by molar-refractivity contribution is 0.0594. The van der Waals surface area contributed by atoms with E-state index in [1.165, 1.54) is 0 Å². The van der Waals surface area contributed by atoms with E-state index in [4.69, 9.17) is 25.8 Å². The van der Waals surface area contributed by atoms with Crippen molar-refractivity contribution in [3.63, 3.8) is 0 Å². The molecule has 1 aromatic rings. The van der Waals surface area contributed by atoms with Crippen LogP contribution in [-0.4, -0.2) is 45.7 Å². The minimum absolute atomic E-state index is 0.346. The lowest BCUT2D eigenvalue weighted by Crippen LogP contribution is -2.23. The third kappa shape index (κ3) is 4.83. The van der Waals surface area contributed by atoms with Gasteiger partial charge in [0.05, 0.1) is 32.0 Å². The van der Waals surface area contributed by atoms with Crippen molar-refractivity contribution in [2.45, 2.75) is 19.1 Å². The zero-order chi connectivity index (χ0) is 15.0. The van der Waals surface area contributed by atoms with E-state index in [0.29, 0.717) is 42.6 Å². The van der Waals surface area contributed by atoms with Crippen molar-refractivity contribution >= 4 is 11.6 Å². The molecule has 1 atom stereocenters. The molecule has 0 amide bonds. The number of aliphatic hydroxyl groups excluding tert-OH is 1. The molecule has 0 aliphatic rings. The van der Waals surface area contributed by atoms with Gasteiger partial charge in [-0.05, 0) is 24.6 Å². The highest BCUT2D eigenvalue weighted by atomic mass is 35.5. The van der Waals surface area contributed by atoms with Crippen LogP contribution in [0.1, 0.15) is 12.0 Å². The van der Waals surface area contributed by atoms with Gasteiger partial charge in [0.25, 0.3) is 0 Å². The monoisotopic (exact) mass is 303 g/mol. The number of halogens is 1. The Morgan fingerprint density at radius 1 is 1.25 bits per heavy atom. The van der Waals surface area contributed by atoms with Gasteiger partial charge < -0.3 is 24.6 Å². The first-order chi connectivity index (χ1) is 9.63. The molecule has 0 heterocycles. The topological polar surface area (TPSA) is 60.0 Å². The highest BCUT2D eigenvalue weighted by molar-refractivity contribution is 6.33. The molecule has 1 unspecified atom stereocenters. The molecule has 0 radical (unpaired) electrons. The number of rotatable bonds is 9. The Labute approximate surface area is 124 Å². The predicted octanol–water partition coefficient (Wildman–Crippen LogP) is 1.84. The Balaban J connectivity index is 2.52. The van der Waals surface area contributed by atoms with Gasteiger partial charge in [-0.1, -0.05) is 17.7 Å². The van der Waals surface area contributed by atoms with Gasteiger partial charge in [-0.15, -0.1) is 0 Å². The van der Waals surface area contributed by atoms with Crippen molar-refractivity contribution in [3.05, 3.63) is 22.7 Å². The second kappa shape index (κ2) is 9.02. The summed E-state index contributed by atoms with van der Waals surface area (Å²) < 4.78 is 15.3. The number of methoxy groups -OCH3 is 3. The molecule has 0 aromatic heterocycles. The van der Waals surface area contributed by atoms with Crippen LogP contribution in [0.5, 0.6) is 11.5 Å². The maximum Gasteiger partial charge on any atom is 0.179 e. The van der Waals surface area contributed by atoms with E-state index >= 15 is 0 Å². The first-order valence-electron chi connectivity index (χ1n) is 6.41. The zero-order valence-electron chi connectivity index (χ0n) is 12.1. The molecule has 2 N–H and O–H groups in total. The molecular weight excluding hydrogens is 282 g/mol. The highest BCUT2D eigenvalue weighted by Gasteiger charge is 2.12. The molecule has 0 fully saturated rings. The van der Waals surface area contributed by atoms with Crippen LogP contribution in [0.3, 0.4) is 0 Å². The zero-order valence-corrected chi connectivity index (χ0v) is 12.9. The summed E-state index contributed by atoms with van der Waals surface area (Å²) in [6.45, 7) is 1.62. The summed E-state index contributed by atoms with van der Waals surface area (Å²) in [6.07, 6.45) is 0.173. The Hall–Kier alpha value is -1.01. The fraction of sp³-hybridized carbons (Fsp3) is 0.571. The maximum absolute atomic E-state index is 9.52. The quantitative estimate of drug-likeness (QED) is 0.682. The van der Waals surface area contributed by atoms with E-state index in [0.717, 1.165) is 5.56 Å². The van der Waals surface area contributed by atoms with E-state index in [1.807, 2.05) is 12.1 Å². The average molecular weight is 304 g/mol. The first kappa shape index (κ1) is 17.0. The van der Waals surface area contributed by atoms with Gasteiger partial charge in [-0.3, -0.25) is 0 Å². The summed E-state index contributed by atoms with van der Waals surface area (Å²) in [5.41, 5.74) is 0.922.